The molecule has 59 heavy (non-hydrogen) atoms. The quantitative estimate of drug-likeness (QED) is 0.275. The van der Waals surface area contributed by atoms with Gasteiger partial charge in [-0.25, -0.2) is 8.42 Å². The molecule has 2 aromatic rings. The van der Waals surface area contributed by atoms with Crippen LogP contribution in [0.25, 0.3) is 0 Å². The van der Waals surface area contributed by atoms with Gasteiger partial charge in [-0.3, -0.25) is 4.18 Å². The van der Waals surface area contributed by atoms with Gasteiger partial charge in [0.25, 0.3) is 19.2 Å². The predicted molar refractivity (Wildman–Crippen MR) is 225 cm³/mol. The average molecular weight is 971 g/mol. The van der Waals surface area contributed by atoms with Crippen LogP contribution in [0, 0.1) is 127 Å². The minimum Gasteiger partial charge on any atom is -0.400 e. The summed E-state index contributed by atoms with van der Waals surface area (Å²) in [5, 5.41) is 19.3. The molecule has 6 rings (SSSR count). The Labute approximate surface area is 451 Å². The number of nitrogens with one attached hydrogen (secondary N) is 1. The molecule has 0 saturated carbocycles. The van der Waals surface area contributed by atoms with Gasteiger partial charge in [0.1, 0.15) is 0 Å². The van der Waals surface area contributed by atoms with Crippen LogP contribution in [0.5, 0.6) is 0 Å². The molecule has 0 unspecified atom stereocenters. The van der Waals surface area contributed by atoms with Crippen LogP contribution in [0.1, 0.15) is 62.5 Å². The molecular formula is C40H71Ar3ClN4O9S2. The Balaban J connectivity index is -0.000000674. The molecule has 0 spiro atoms. The molecule has 19 heteroatoms. The molecule has 2 aromatic carbocycles. The van der Waals surface area contributed by atoms with Gasteiger partial charge in [-0.1, -0.05) is 35.4 Å². The van der Waals surface area contributed by atoms with Crippen molar-refractivity contribution in [3.8, 4) is 0 Å². The van der Waals surface area contributed by atoms with Crippen molar-refractivity contribution >= 4 is 29.9 Å². The summed E-state index contributed by atoms with van der Waals surface area (Å²) in [5.41, 5.74) is 2.04. The van der Waals surface area contributed by atoms with Gasteiger partial charge in [-0.15, -0.1) is 0 Å². The largest absolute Gasteiger partial charge is 0.400 e. The molecule has 0 aromatic heterocycles. The molecule has 4 heterocycles. The van der Waals surface area contributed by atoms with Crippen LogP contribution in [0.15, 0.2) is 58.3 Å². The fraction of sp³-hybridized carbons (Fsp3) is 0.700. The van der Waals surface area contributed by atoms with E-state index in [4.69, 9.17) is 34.6 Å². The number of nitrogens with zero attached hydrogens (tertiary/aromatic N) is 3. The van der Waals surface area contributed by atoms with Crippen LogP contribution >= 0.6 is 10.7 Å². The summed E-state index contributed by atoms with van der Waals surface area (Å²) in [6.07, 6.45) is 9.04. The van der Waals surface area contributed by atoms with Crippen molar-refractivity contribution in [3.63, 3.8) is 0 Å². The van der Waals surface area contributed by atoms with E-state index in [1.165, 1.54) is 50.9 Å². The van der Waals surface area contributed by atoms with E-state index in [0.717, 1.165) is 83.2 Å². The number of ether oxygens (including phenoxy) is 2. The number of rotatable bonds is 6. The molecular weight excluding hydrogens is 900 g/mol. The third kappa shape index (κ3) is 30.8. The van der Waals surface area contributed by atoms with E-state index < -0.39 is 19.2 Å². The number of likely N-dealkylation sites (tertiary alicyclic amines) is 3. The topological polar surface area (TPSA) is 158 Å². The second-order valence-corrected chi connectivity index (χ2v) is 18.7. The van der Waals surface area contributed by atoms with Crippen molar-refractivity contribution in [2.24, 2.45) is 0 Å². The van der Waals surface area contributed by atoms with Crippen molar-refractivity contribution < 1.29 is 154 Å². The summed E-state index contributed by atoms with van der Waals surface area (Å²) < 4.78 is 61.2. The van der Waals surface area contributed by atoms with E-state index in [1.54, 1.807) is 50.6 Å². The zero-order valence-electron chi connectivity index (χ0n) is 36.1. The van der Waals surface area contributed by atoms with Gasteiger partial charge in [0.15, 0.2) is 0 Å². The molecule has 0 bridgehead atoms. The van der Waals surface area contributed by atoms with Crippen molar-refractivity contribution in [1.29, 1.82) is 0 Å². The van der Waals surface area contributed by atoms with Gasteiger partial charge in [-0.05, 0) is 124 Å². The molecule has 4 aliphatic rings. The number of aliphatic hydroxyl groups is 2. The first kappa shape index (κ1) is 65.3. The van der Waals surface area contributed by atoms with Crippen molar-refractivity contribution in [1.82, 2.24) is 20.0 Å². The number of hydrogen-bond donors (Lipinski definition) is 3. The minimum atomic E-state index is -3.61. The van der Waals surface area contributed by atoms with E-state index in [0.29, 0.717) is 12.2 Å². The first-order valence-electron chi connectivity index (χ1n) is 19.5. The predicted octanol–water partition coefficient (Wildman–Crippen LogP) is 4.51. The Morgan fingerprint density at radius 2 is 0.898 bits per heavy atom. The zero-order chi connectivity index (χ0) is 42.1. The van der Waals surface area contributed by atoms with Crippen molar-refractivity contribution in [2.45, 2.75) is 99.4 Å². The SMILES string of the molecule is CN1CCC(O)CC1.CO.COC1CCN(C)CC1.COC1CCNCC1.Cc1ccc(S(=O)(=O)Cl)cc1.Cc1ccc(S(=O)(=O)OC2CCN(C)CC2)cc1.[Ar].[Ar].[Ar]. The van der Waals surface area contributed by atoms with Gasteiger partial charge in [0.05, 0.1) is 34.2 Å². The van der Waals surface area contributed by atoms with E-state index in [1.807, 2.05) is 20.9 Å². The van der Waals surface area contributed by atoms with Crippen LogP contribution in [0.4, 0.5) is 0 Å². The van der Waals surface area contributed by atoms with E-state index >= 15 is 0 Å². The van der Waals surface area contributed by atoms with Crippen LogP contribution in [-0.4, -0.2) is 161 Å². The van der Waals surface area contributed by atoms with E-state index in [-0.39, 0.29) is 135 Å². The average Bonchev–Trinajstić information content (AvgIpc) is 3.19. The number of methoxy groups -OCH3 is 2. The monoisotopic (exact) mass is 970 g/mol. The number of benzene rings is 2. The molecule has 0 amide bonds. The summed E-state index contributed by atoms with van der Waals surface area (Å²) in [6.45, 7) is 12.3. The van der Waals surface area contributed by atoms with E-state index in [2.05, 4.69) is 34.1 Å². The molecule has 0 aliphatic carbocycles. The van der Waals surface area contributed by atoms with Gasteiger partial charge in [-0.2, -0.15) is 8.42 Å². The van der Waals surface area contributed by atoms with Crippen LogP contribution in [0.3, 0.4) is 0 Å². The second kappa shape index (κ2) is 37.2. The fourth-order valence-electron chi connectivity index (χ4n) is 5.97. The molecule has 4 aliphatic heterocycles. The molecule has 0 atom stereocenters. The van der Waals surface area contributed by atoms with Crippen LogP contribution in [0.2, 0.25) is 0 Å². The summed E-state index contributed by atoms with van der Waals surface area (Å²) >= 11 is 0. The molecule has 3 N–H and O–H groups in total. The third-order valence-electron chi connectivity index (χ3n) is 9.85. The number of aryl methyl sites for hydroxylation is 2. The number of halogens is 1. The minimum absolute atomic E-state index is 0. The van der Waals surface area contributed by atoms with Crippen molar-refractivity contribution in [3.05, 3.63) is 59.7 Å². The number of piperidine rings is 4. The Bertz CT molecular complexity index is 1500. The molecule has 348 valence electrons. The second-order valence-electron chi connectivity index (χ2n) is 14.6. The molecule has 13 nitrogen and oxygen atoms in total. The summed E-state index contributed by atoms with van der Waals surface area (Å²) in [5.74, 6) is 0. The maximum atomic E-state index is 12.1. The van der Waals surface area contributed by atoms with E-state index in [9.17, 15) is 16.8 Å². The summed E-state index contributed by atoms with van der Waals surface area (Å²) in [6, 6.07) is 13.1. The third-order valence-corrected chi connectivity index (χ3v) is 12.6. The zero-order valence-corrected chi connectivity index (χ0v) is 40.6. The van der Waals surface area contributed by atoms with Gasteiger partial charge in [0, 0.05) is 184 Å². The normalized spacial score (nSPS) is 18.6. The van der Waals surface area contributed by atoms with Gasteiger partial charge >= 0.3 is 0 Å². The Morgan fingerprint density at radius 1 is 0.576 bits per heavy atom. The number of aliphatic hydroxyl groups excluding tert-OH is 2. The Hall–Kier alpha value is 2.05. The first-order valence-corrected chi connectivity index (χ1v) is 23.2. The smallest absolute Gasteiger partial charge is 0.297 e. The summed E-state index contributed by atoms with van der Waals surface area (Å²) in [7, 11) is 8.79. The fourth-order valence-corrected chi connectivity index (χ4v) is 7.87. The maximum Gasteiger partial charge on any atom is 0.297 e. The van der Waals surface area contributed by atoms with Gasteiger partial charge in [0.2, 0.25) is 0 Å². The van der Waals surface area contributed by atoms with Crippen LogP contribution < -0.4 is 5.32 Å². The standard InChI is InChI=1S/C13H19NO3S.C7H7ClO2S.C7H15NO.2C6H13NO.CH4O.3Ar/c1-11-3-5-13(6-4-11)18(15,16)17-12-7-9-14(2)10-8-12;1-6-2-4-7(5-3-6)11(8,9)10;1-8-5-3-7(9-2)4-6-8;1-8-6-2-4-7-5-3-6;1-7-4-2-6(8)3-5-7;1-2;;;/h3-6,12H,7-10H2,1-2H3;2-5H,1H3;7H,3-6H2,1-2H3;6-7H,2-5H2,1H3;6,8H,2-5H2,1H3;2H,1H3;;;. The maximum absolute atomic E-state index is 12.1. The Kier molecular flexibility index (Phi) is 41.2. The summed E-state index contributed by atoms with van der Waals surface area (Å²) in [4.78, 5) is 7.15. The first-order chi connectivity index (χ1) is 26.5. The van der Waals surface area contributed by atoms with Crippen molar-refractivity contribution in [2.75, 3.05) is 94.8 Å². The Morgan fingerprint density at radius 3 is 1.22 bits per heavy atom. The molecule has 4 saturated heterocycles. The molecule has 4 fully saturated rings. The number of hydrogen-bond acceptors (Lipinski definition) is 13. The molecule has 0 radical (unpaired) electrons. The van der Waals surface area contributed by atoms with Gasteiger partial charge < -0.3 is 39.7 Å². The van der Waals surface area contributed by atoms with Crippen LogP contribution in [-0.2, 0) is 32.8 Å².